The molecule has 13 nitrogen and oxygen atoms in total. The van der Waals surface area contributed by atoms with Crippen LogP contribution in [-0.2, 0) is 25.2 Å². The van der Waals surface area contributed by atoms with E-state index in [2.05, 4.69) is 16.8 Å². The highest BCUT2D eigenvalue weighted by molar-refractivity contribution is 7.93. The number of likely N-dealkylation sites (tertiary alicyclic amines) is 1. The molecule has 3 aliphatic rings. The molecule has 0 radical (unpaired) electrons. The van der Waals surface area contributed by atoms with Crippen LogP contribution in [0.2, 0.25) is 0 Å². The van der Waals surface area contributed by atoms with Crippen molar-refractivity contribution < 1.29 is 41.7 Å². The molecule has 0 aromatic heterocycles. The molecule has 3 heterocycles. The predicted molar refractivity (Wildman–Crippen MR) is 186 cm³/mol. The van der Waals surface area contributed by atoms with Gasteiger partial charge in [0.1, 0.15) is 27.9 Å². The second kappa shape index (κ2) is 14.4. The quantitative estimate of drug-likeness (QED) is 0.304. The topological polar surface area (TPSA) is 127 Å². The molecule has 50 heavy (non-hydrogen) atoms. The average molecular weight is 709 g/mol. The molecule has 1 unspecified atom stereocenters. The van der Waals surface area contributed by atoms with Crippen molar-refractivity contribution in [3.05, 3.63) is 71.8 Å². The maximum absolute atomic E-state index is 15.2. The highest BCUT2D eigenvalue weighted by Gasteiger charge is 2.61. The summed E-state index contributed by atoms with van der Waals surface area (Å²) in [4.78, 5) is 35.6. The minimum Gasteiger partial charge on any atom is -0.497 e. The Morgan fingerprint density at radius 2 is 1.48 bits per heavy atom. The van der Waals surface area contributed by atoms with E-state index in [1.165, 1.54) is 51.7 Å². The Bertz CT molecular complexity index is 1840. The monoisotopic (exact) mass is 708 g/mol. The summed E-state index contributed by atoms with van der Waals surface area (Å²) >= 11 is 0. The van der Waals surface area contributed by atoms with Crippen LogP contribution in [0, 0.1) is 0 Å². The van der Waals surface area contributed by atoms with Gasteiger partial charge in [0, 0.05) is 56.9 Å². The van der Waals surface area contributed by atoms with Gasteiger partial charge in [-0.3, -0.25) is 9.69 Å². The fourth-order valence-corrected chi connectivity index (χ4v) is 8.64. The number of piperazine rings is 1. The number of methoxy groups -OCH3 is 3. The molecule has 1 atom stereocenters. The summed E-state index contributed by atoms with van der Waals surface area (Å²) in [6.07, 6.45) is 0.756. The molecule has 6 rings (SSSR count). The molecule has 2 saturated heterocycles. The van der Waals surface area contributed by atoms with Gasteiger partial charge >= 0.3 is 6.09 Å². The molecule has 0 N–H and O–H groups in total. The Labute approximate surface area is 293 Å². The van der Waals surface area contributed by atoms with Crippen molar-refractivity contribution in [1.82, 2.24) is 14.7 Å². The Hall–Kier alpha value is -4.53. The molecule has 268 valence electrons. The number of piperidine rings is 1. The number of likely N-dealkylation sites (N-methyl/N-ethyl adjacent to an activating group) is 1. The maximum atomic E-state index is 15.2. The number of carbonyl (C=O) groups excluding carboxylic acids is 2. The summed E-state index contributed by atoms with van der Waals surface area (Å²) < 4.78 is 58.6. The zero-order valence-electron chi connectivity index (χ0n) is 29.1. The molecular formula is C36H44N4O9S. The van der Waals surface area contributed by atoms with Crippen molar-refractivity contribution in [3.8, 4) is 23.0 Å². The van der Waals surface area contributed by atoms with E-state index in [1.807, 2.05) is 0 Å². The van der Waals surface area contributed by atoms with Crippen LogP contribution < -0.4 is 23.3 Å². The van der Waals surface area contributed by atoms with Crippen LogP contribution in [-0.4, -0.2) is 115 Å². The minimum absolute atomic E-state index is 0.00143. The number of carbonyl (C=O) groups is 2. The number of nitrogens with zero attached hydrogens (tertiary/aromatic N) is 4. The molecule has 2 amide bonds. The van der Waals surface area contributed by atoms with E-state index >= 15 is 4.79 Å². The van der Waals surface area contributed by atoms with Crippen LogP contribution in [0.1, 0.15) is 30.9 Å². The van der Waals surface area contributed by atoms with Crippen LogP contribution in [0.25, 0.3) is 0 Å². The van der Waals surface area contributed by atoms with Gasteiger partial charge in [-0.1, -0.05) is 18.2 Å². The fourth-order valence-electron chi connectivity index (χ4n) is 7.04. The average Bonchev–Trinajstić information content (AvgIpc) is 3.39. The number of rotatable bonds is 10. The van der Waals surface area contributed by atoms with Crippen LogP contribution in [0.4, 0.5) is 10.5 Å². The summed E-state index contributed by atoms with van der Waals surface area (Å²) in [6, 6.07) is 15.8. The van der Waals surface area contributed by atoms with Gasteiger partial charge in [-0.25, -0.2) is 13.2 Å². The highest BCUT2D eigenvalue weighted by Crippen LogP contribution is 2.53. The highest BCUT2D eigenvalue weighted by atomic mass is 32.2. The maximum Gasteiger partial charge on any atom is 0.411 e. The lowest BCUT2D eigenvalue weighted by atomic mass is 9.86. The fraction of sp³-hybridized carbons (Fsp3) is 0.444. The van der Waals surface area contributed by atoms with Gasteiger partial charge in [-0.15, -0.1) is 0 Å². The summed E-state index contributed by atoms with van der Waals surface area (Å²) in [7, 11) is 1.69. The Balaban J connectivity index is 1.45. The van der Waals surface area contributed by atoms with E-state index in [4.69, 9.17) is 23.7 Å². The van der Waals surface area contributed by atoms with E-state index < -0.39 is 27.6 Å². The number of hydrogen-bond donors (Lipinski definition) is 0. The normalized spacial score (nSPS) is 20.4. The van der Waals surface area contributed by atoms with E-state index in [0.717, 1.165) is 39.0 Å². The number of anilines is 1. The van der Waals surface area contributed by atoms with Gasteiger partial charge in [0.15, 0.2) is 0 Å². The smallest absolute Gasteiger partial charge is 0.411 e. The molecule has 2 fully saturated rings. The van der Waals surface area contributed by atoms with E-state index in [0.29, 0.717) is 34.9 Å². The van der Waals surface area contributed by atoms with Gasteiger partial charge in [0.2, 0.25) is 5.60 Å². The molecule has 0 bridgehead atoms. The zero-order valence-corrected chi connectivity index (χ0v) is 29.9. The molecule has 14 heteroatoms. The second-order valence-electron chi connectivity index (χ2n) is 12.5. The number of amides is 2. The van der Waals surface area contributed by atoms with Crippen LogP contribution in [0.3, 0.4) is 0 Å². The van der Waals surface area contributed by atoms with Crippen LogP contribution in [0.5, 0.6) is 23.0 Å². The van der Waals surface area contributed by atoms with Gasteiger partial charge in [-0.2, -0.15) is 4.31 Å². The number of para-hydroxylation sites is 1. The Morgan fingerprint density at radius 3 is 2.14 bits per heavy atom. The Morgan fingerprint density at radius 1 is 0.820 bits per heavy atom. The van der Waals surface area contributed by atoms with Gasteiger partial charge in [0.05, 0.1) is 39.2 Å². The van der Waals surface area contributed by atoms with Crippen molar-refractivity contribution >= 4 is 27.7 Å². The van der Waals surface area contributed by atoms with Crippen molar-refractivity contribution in [3.63, 3.8) is 0 Å². The van der Waals surface area contributed by atoms with Crippen LogP contribution >= 0.6 is 0 Å². The molecule has 0 saturated carbocycles. The molecule has 3 aliphatic heterocycles. The minimum atomic E-state index is -4.67. The molecule has 3 aromatic carbocycles. The van der Waals surface area contributed by atoms with E-state index in [9.17, 15) is 13.2 Å². The summed E-state index contributed by atoms with van der Waals surface area (Å²) in [5.41, 5.74) is -1.96. The first-order valence-electron chi connectivity index (χ1n) is 16.7. The van der Waals surface area contributed by atoms with Gasteiger partial charge in [-0.05, 0) is 63.2 Å². The van der Waals surface area contributed by atoms with Crippen molar-refractivity contribution in [2.24, 2.45) is 0 Å². The third-order valence-corrected chi connectivity index (χ3v) is 11.5. The first kappa shape index (κ1) is 35.3. The summed E-state index contributed by atoms with van der Waals surface area (Å²) in [5, 5.41) is 0. The number of hydrogen-bond acceptors (Lipinski definition) is 11. The SMILES string of the molecule is CCOc1ccccc1C1(OC(=O)N2CCC(N3CCN(C)CC3)CC2)C(=O)N(S(=O)(=O)c2ccc(OC)cc2OC)c2ccc(OC)cc21. The third kappa shape index (κ3) is 6.20. The number of fused-ring (bicyclic) bond motifs is 1. The van der Waals surface area contributed by atoms with Crippen molar-refractivity contribution in [2.75, 3.05) is 78.6 Å². The van der Waals surface area contributed by atoms with Crippen molar-refractivity contribution in [2.45, 2.75) is 36.3 Å². The van der Waals surface area contributed by atoms with Crippen molar-refractivity contribution in [1.29, 1.82) is 0 Å². The lowest BCUT2D eigenvalue weighted by Crippen LogP contribution is -2.54. The summed E-state index contributed by atoms with van der Waals surface area (Å²) in [5.74, 6) is -0.0739. The van der Waals surface area contributed by atoms with Crippen LogP contribution in [0.15, 0.2) is 65.6 Å². The number of benzene rings is 3. The standard InChI is InChI=1S/C36H44N4O9S/c1-6-48-31-10-8-7-9-28(31)36(49-35(42)39-17-15-25(16-18-39)38-21-19-37(2)20-22-38)29-23-26(45-3)11-13-30(29)40(34(36)41)50(43,44)33-14-12-27(46-4)24-32(33)47-5/h7-14,23-25H,6,15-22H2,1-5H3. The number of ether oxygens (including phenoxy) is 5. The first-order chi connectivity index (χ1) is 24.1. The van der Waals surface area contributed by atoms with Gasteiger partial charge < -0.3 is 33.5 Å². The van der Waals surface area contributed by atoms with E-state index in [1.54, 1.807) is 42.2 Å². The molecule has 3 aromatic rings. The number of sulfonamides is 1. The second-order valence-corrected chi connectivity index (χ2v) is 14.3. The molecular weight excluding hydrogens is 664 g/mol. The predicted octanol–water partition coefficient (Wildman–Crippen LogP) is 3.94. The summed E-state index contributed by atoms with van der Waals surface area (Å²) in [6.45, 7) is 6.81. The third-order valence-electron chi connectivity index (χ3n) is 9.76. The van der Waals surface area contributed by atoms with E-state index in [-0.39, 0.29) is 39.8 Å². The first-order valence-corrected chi connectivity index (χ1v) is 18.2. The lowest BCUT2D eigenvalue weighted by molar-refractivity contribution is -0.132. The molecule has 0 spiro atoms. The molecule has 0 aliphatic carbocycles. The van der Waals surface area contributed by atoms with Gasteiger partial charge in [0.25, 0.3) is 15.9 Å². The largest absolute Gasteiger partial charge is 0.497 e. The Kier molecular flexibility index (Phi) is 10.1. The lowest BCUT2D eigenvalue weighted by Gasteiger charge is -2.42. The zero-order chi connectivity index (χ0) is 35.6.